The molecule has 0 saturated heterocycles. The molecular weight excluding hydrogens is 378 g/mol. The van der Waals surface area contributed by atoms with Crippen LogP contribution in [-0.4, -0.2) is 32.2 Å². The number of sulfone groups is 1. The number of fused-ring (bicyclic) bond motifs is 2. The summed E-state index contributed by atoms with van der Waals surface area (Å²) in [6, 6.07) is 9.00. The highest BCUT2D eigenvalue weighted by Gasteiger charge is 2.22. The van der Waals surface area contributed by atoms with E-state index in [2.05, 4.69) is 10.3 Å². The number of rotatable bonds is 4. The minimum Gasteiger partial charge on any atom is -0.493 e. The average molecular weight is 397 g/mol. The van der Waals surface area contributed by atoms with Gasteiger partial charge in [0.2, 0.25) is 0 Å². The fourth-order valence-corrected chi connectivity index (χ4v) is 4.40. The van der Waals surface area contributed by atoms with Gasteiger partial charge in [-0.3, -0.25) is 9.78 Å². The van der Waals surface area contributed by atoms with Crippen LogP contribution < -0.4 is 15.8 Å². The van der Waals surface area contributed by atoms with Crippen molar-refractivity contribution in [1.29, 1.82) is 0 Å². The summed E-state index contributed by atoms with van der Waals surface area (Å²) in [5.41, 5.74) is 9.01. The Morgan fingerprint density at radius 2 is 2.07 bits per heavy atom. The molecule has 4 rings (SSSR count). The number of carbonyl (C=O) groups is 1. The molecule has 1 aliphatic heterocycles. The highest BCUT2D eigenvalue weighted by atomic mass is 32.2. The quantitative estimate of drug-likeness (QED) is 0.700. The van der Waals surface area contributed by atoms with E-state index in [0.29, 0.717) is 23.2 Å². The molecule has 0 aliphatic carbocycles. The maximum Gasteiger partial charge on any atom is 0.252 e. The number of nitrogens with zero attached hydrogens (tertiary/aromatic N) is 1. The second kappa shape index (κ2) is 6.49. The molecule has 0 bridgehead atoms. The smallest absolute Gasteiger partial charge is 0.252 e. The van der Waals surface area contributed by atoms with Crippen LogP contribution in [0.2, 0.25) is 0 Å². The Balaban J connectivity index is 2.01. The SMILES string of the molecule is Cc1cc(S(C)(=O)=O)c2ncc(C(N)=O)c(Nc3cccc4c3CCO4)c2c1. The molecular formula is C20H19N3O4S. The second-order valence-corrected chi connectivity index (χ2v) is 8.83. The normalized spacial score (nSPS) is 13.2. The number of carbonyl (C=O) groups excluding carboxylic acids is 1. The Morgan fingerprint density at radius 3 is 2.79 bits per heavy atom. The number of ether oxygens (including phenoxy) is 1. The average Bonchev–Trinajstić information content (AvgIpc) is 3.10. The van der Waals surface area contributed by atoms with Crippen LogP contribution in [0, 0.1) is 6.92 Å². The van der Waals surface area contributed by atoms with Gasteiger partial charge in [-0.25, -0.2) is 8.42 Å². The van der Waals surface area contributed by atoms with E-state index in [4.69, 9.17) is 10.5 Å². The van der Waals surface area contributed by atoms with E-state index in [1.807, 2.05) is 18.2 Å². The summed E-state index contributed by atoms with van der Waals surface area (Å²) in [6.45, 7) is 2.38. The lowest BCUT2D eigenvalue weighted by atomic mass is 10.0. The Bertz CT molecular complexity index is 1240. The molecule has 0 spiro atoms. The summed E-state index contributed by atoms with van der Waals surface area (Å²) in [5, 5.41) is 3.81. The van der Waals surface area contributed by atoms with Crippen molar-refractivity contribution < 1.29 is 17.9 Å². The summed E-state index contributed by atoms with van der Waals surface area (Å²) in [6.07, 6.45) is 3.19. The number of hydrogen-bond acceptors (Lipinski definition) is 6. The van der Waals surface area contributed by atoms with E-state index in [-0.39, 0.29) is 10.5 Å². The largest absolute Gasteiger partial charge is 0.493 e. The van der Waals surface area contributed by atoms with Crippen molar-refractivity contribution in [3.05, 3.63) is 53.2 Å². The fraction of sp³-hybridized carbons (Fsp3) is 0.200. The van der Waals surface area contributed by atoms with Crippen LogP contribution in [0.4, 0.5) is 11.4 Å². The monoisotopic (exact) mass is 397 g/mol. The number of nitrogens with one attached hydrogen (secondary N) is 1. The summed E-state index contributed by atoms with van der Waals surface area (Å²) in [7, 11) is -3.51. The maximum absolute atomic E-state index is 12.3. The van der Waals surface area contributed by atoms with Crippen molar-refractivity contribution in [3.8, 4) is 5.75 Å². The van der Waals surface area contributed by atoms with Gasteiger partial charge >= 0.3 is 0 Å². The minimum atomic E-state index is -3.51. The van der Waals surface area contributed by atoms with Gasteiger partial charge in [0.1, 0.15) is 5.75 Å². The molecule has 144 valence electrons. The van der Waals surface area contributed by atoms with Crippen LogP contribution in [0.25, 0.3) is 10.9 Å². The Hall–Kier alpha value is -3.13. The van der Waals surface area contributed by atoms with Crippen LogP contribution in [0.15, 0.2) is 41.4 Å². The number of amides is 1. The Labute approximate surface area is 162 Å². The molecule has 3 N–H and O–H groups in total. The van der Waals surface area contributed by atoms with Gasteiger partial charge in [-0.1, -0.05) is 6.07 Å². The van der Waals surface area contributed by atoms with Gasteiger partial charge in [0, 0.05) is 35.5 Å². The molecule has 28 heavy (non-hydrogen) atoms. The molecule has 0 unspecified atom stereocenters. The van der Waals surface area contributed by atoms with Crippen molar-refractivity contribution >= 4 is 38.0 Å². The zero-order valence-electron chi connectivity index (χ0n) is 15.4. The van der Waals surface area contributed by atoms with Crippen LogP contribution in [0.1, 0.15) is 21.5 Å². The number of aryl methyl sites for hydroxylation is 1. The number of hydrogen-bond donors (Lipinski definition) is 2. The molecule has 1 aromatic heterocycles. The molecule has 0 fully saturated rings. The predicted octanol–water partition coefficient (Wildman–Crippen LogP) is 2.72. The topological polar surface area (TPSA) is 111 Å². The molecule has 1 amide bonds. The van der Waals surface area contributed by atoms with E-state index in [0.717, 1.165) is 35.2 Å². The Morgan fingerprint density at radius 1 is 1.29 bits per heavy atom. The van der Waals surface area contributed by atoms with Crippen LogP contribution in [0.5, 0.6) is 5.75 Å². The first-order chi connectivity index (χ1) is 13.3. The molecule has 2 heterocycles. The maximum atomic E-state index is 12.3. The van der Waals surface area contributed by atoms with E-state index >= 15 is 0 Å². The van der Waals surface area contributed by atoms with Gasteiger partial charge in [-0.05, 0) is 36.8 Å². The van der Waals surface area contributed by atoms with Crippen molar-refractivity contribution in [2.45, 2.75) is 18.2 Å². The van der Waals surface area contributed by atoms with Crippen molar-refractivity contribution in [3.63, 3.8) is 0 Å². The number of nitrogens with two attached hydrogens (primary N) is 1. The van der Waals surface area contributed by atoms with Gasteiger partial charge in [-0.2, -0.15) is 0 Å². The van der Waals surface area contributed by atoms with E-state index < -0.39 is 15.7 Å². The molecule has 1 aliphatic rings. The molecule has 3 aromatic rings. The van der Waals surface area contributed by atoms with Crippen molar-refractivity contribution in [1.82, 2.24) is 4.98 Å². The zero-order chi connectivity index (χ0) is 20.1. The summed E-state index contributed by atoms with van der Waals surface area (Å²) < 4.78 is 30.1. The highest BCUT2D eigenvalue weighted by molar-refractivity contribution is 7.91. The number of primary amides is 1. The third-order valence-electron chi connectivity index (χ3n) is 4.75. The van der Waals surface area contributed by atoms with Gasteiger partial charge in [0.25, 0.3) is 5.91 Å². The summed E-state index contributed by atoms with van der Waals surface area (Å²) in [5.74, 6) is 0.139. The van der Waals surface area contributed by atoms with Crippen LogP contribution in [0.3, 0.4) is 0 Å². The molecule has 0 atom stereocenters. The highest BCUT2D eigenvalue weighted by Crippen LogP contribution is 2.37. The van der Waals surface area contributed by atoms with Crippen LogP contribution in [-0.2, 0) is 16.3 Å². The van der Waals surface area contributed by atoms with Gasteiger partial charge < -0.3 is 15.8 Å². The second-order valence-electron chi connectivity index (χ2n) is 6.85. The van der Waals surface area contributed by atoms with Gasteiger partial charge in [-0.15, -0.1) is 0 Å². The van der Waals surface area contributed by atoms with E-state index in [9.17, 15) is 13.2 Å². The van der Waals surface area contributed by atoms with E-state index in [1.54, 1.807) is 19.1 Å². The minimum absolute atomic E-state index is 0.114. The molecule has 2 aromatic carbocycles. The number of aromatic nitrogens is 1. The standard InChI is InChI=1S/C20H19N3O4S/c1-11-8-13-18(23-15-4-3-5-16-12(15)6-7-27-16)14(20(21)24)10-22-19(13)17(9-11)28(2,25)26/h3-5,8-10H,6-7H2,1-2H3,(H2,21,24)(H,22,23). The van der Waals surface area contributed by atoms with Gasteiger partial charge in [0.15, 0.2) is 9.84 Å². The predicted molar refractivity (Wildman–Crippen MR) is 107 cm³/mol. The zero-order valence-corrected chi connectivity index (χ0v) is 16.3. The summed E-state index contributed by atoms with van der Waals surface area (Å²) in [4.78, 5) is 16.4. The Kier molecular flexibility index (Phi) is 4.23. The lowest BCUT2D eigenvalue weighted by Gasteiger charge is -2.17. The number of anilines is 2. The first-order valence-corrected chi connectivity index (χ1v) is 10.6. The lowest BCUT2D eigenvalue weighted by Crippen LogP contribution is -2.15. The molecule has 7 nitrogen and oxygen atoms in total. The third-order valence-corrected chi connectivity index (χ3v) is 5.86. The van der Waals surface area contributed by atoms with E-state index in [1.165, 1.54) is 6.20 Å². The first-order valence-electron chi connectivity index (χ1n) is 8.70. The molecule has 0 radical (unpaired) electrons. The first kappa shape index (κ1) is 18.2. The van der Waals surface area contributed by atoms with Crippen LogP contribution >= 0.6 is 0 Å². The van der Waals surface area contributed by atoms with Gasteiger partial charge in [0.05, 0.1) is 28.3 Å². The number of benzene rings is 2. The van der Waals surface area contributed by atoms with Crippen molar-refractivity contribution in [2.75, 3.05) is 18.2 Å². The third kappa shape index (κ3) is 3.05. The lowest BCUT2D eigenvalue weighted by molar-refractivity contribution is 0.100. The number of pyridine rings is 1. The summed E-state index contributed by atoms with van der Waals surface area (Å²) >= 11 is 0. The molecule has 8 heteroatoms. The fourth-order valence-electron chi connectivity index (χ4n) is 3.49. The molecule has 0 saturated carbocycles. The van der Waals surface area contributed by atoms with Crippen molar-refractivity contribution in [2.24, 2.45) is 5.73 Å².